The molecular formula is C16H16O4. The van der Waals surface area contributed by atoms with E-state index in [4.69, 9.17) is 4.74 Å². The highest BCUT2D eigenvalue weighted by molar-refractivity contribution is 6.27. The van der Waals surface area contributed by atoms with Crippen molar-refractivity contribution in [2.24, 2.45) is 0 Å². The fourth-order valence-corrected chi connectivity index (χ4v) is 2.64. The molecule has 0 bridgehead atoms. The first-order valence-electron chi connectivity index (χ1n) is 6.33. The van der Waals surface area contributed by atoms with Gasteiger partial charge in [0.05, 0.1) is 0 Å². The molecule has 0 aromatic heterocycles. The first-order chi connectivity index (χ1) is 9.32. The largest absolute Gasteiger partial charge is 0.428 e. The topological polar surface area (TPSA) is 60.4 Å². The van der Waals surface area contributed by atoms with E-state index in [1.54, 1.807) is 34.6 Å². The van der Waals surface area contributed by atoms with Crippen molar-refractivity contribution in [3.05, 3.63) is 39.0 Å². The SMILES string of the molecule is CC1=C(C)C(=O)c2c(C)c(OC=O)c(C)c(C)c2C1=O. The van der Waals surface area contributed by atoms with Gasteiger partial charge in [0.25, 0.3) is 6.47 Å². The van der Waals surface area contributed by atoms with Crippen LogP contribution >= 0.6 is 0 Å². The van der Waals surface area contributed by atoms with Crippen LogP contribution in [-0.4, -0.2) is 18.0 Å². The van der Waals surface area contributed by atoms with Crippen molar-refractivity contribution in [3.8, 4) is 5.75 Å². The second kappa shape index (κ2) is 4.71. The van der Waals surface area contributed by atoms with Crippen LogP contribution in [0.2, 0.25) is 0 Å². The molecule has 0 aliphatic heterocycles. The summed E-state index contributed by atoms with van der Waals surface area (Å²) in [5, 5.41) is 0. The van der Waals surface area contributed by atoms with E-state index in [2.05, 4.69) is 0 Å². The fourth-order valence-electron chi connectivity index (χ4n) is 2.64. The molecule has 4 nitrogen and oxygen atoms in total. The normalized spacial score (nSPS) is 14.4. The number of ether oxygens (including phenoxy) is 1. The Morgan fingerprint density at radius 2 is 1.20 bits per heavy atom. The monoisotopic (exact) mass is 272 g/mol. The van der Waals surface area contributed by atoms with Crippen molar-refractivity contribution < 1.29 is 19.1 Å². The maximum absolute atomic E-state index is 12.5. The third-order valence-electron chi connectivity index (χ3n) is 4.11. The molecular weight excluding hydrogens is 256 g/mol. The van der Waals surface area contributed by atoms with Gasteiger partial charge in [-0.3, -0.25) is 14.4 Å². The van der Waals surface area contributed by atoms with Crippen LogP contribution in [0.5, 0.6) is 5.75 Å². The predicted molar refractivity (Wildman–Crippen MR) is 74.4 cm³/mol. The number of carbonyl (C=O) groups excluding carboxylic acids is 3. The van der Waals surface area contributed by atoms with E-state index in [-0.39, 0.29) is 11.6 Å². The molecule has 0 unspecified atom stereocenters. The molecule has 0 atom stereocenters. The lowest BCUT2D eigenvalue weighted by molar-refractivity contribution is -0.120. The van der Waals surface area contributed by atoms with Crippen molar-refractivity contribution in [1.29, 1.82) is 0 Å². The van der Waals surface area contributed by atoms with Gasteiger partial charge in [0.1, 0.15) is 5.75 Å². The number of allylic oxidation sites excluding steroid dienone is 2. The van der Waals surface area contributed by atoms with Crippen LogP contribution in [-0.2, 0) is 4.79 Å². The summed E-state index contributed by atoms with van der Waals surface area (Å²) in [6.45, 7) is 8.89. The molecule has 0 fully saturated rings. The molecule has 1 aliphatic rings. The maximum atomic E-state index is 12.5. The summed E-state index contributed by atoms with van der Waals surface area (Å²) >= 11 is 0. The van der Waals surface area contributed by atoms with Crippen LogP contribution in [0.25, 0.3) is 0 Å². The van der Waals surface area contributed by atoms with Crippen LogP contribution in [0, 0.1) is 20.8 Å². The third-order valence-corrected chi connectivity index (χ3v) is 4.11. The Balaban J connectivity index is 2.91. The standard InChI is InChI=1S/C16H16O4/c1-7-10(4)16(20-6-17)11(5)13-12(7)14(18)8(2)9(3)15(13)19/h6H,1-5H3. The summed E-state index contributed by atoms with van der Waals surface area (Å²) in [6.07, 6.45) is 0. The van der Waals surface area contributed by atoms with Gasteiger partial charge in [-0.05, 0) is 45.7 Å². The molecule has 20 heavy (non-hydrogen) atoms. The quantitative estimate of drug-likeness (QED) is 0.777. The second-order valence-electron chi connectivity index (χ2n) is 5.08. The number of benzene rings is 1. The van der Waals surface area contributed by atoms with E-state index in [9.17, 15) is 14.4 Å². The number of Topliss-reactive ketones (excluding diaryl/α,β-unsaturated/α-hetero) is 2. The number of carbonyl (C=O) groups is 3. The molecule has 0 saturated heterocycles. The highest BCUT2D eigenvalue weighted by Gasteiger charge is 2.33. The zero-order chi connectivity index (χ0) is 15.2. The van der Waals surface area contributed by atoms with Gasteiger partial charge < -0.3 is 4.74 Å². The third kappa shape index (κ3) is 1.72. The molecule has 1 aromatic carbocycles. The molecule has 0 N–H and O–H groups in total. The van der Waals surface area contributed by atoms with Crippen molar-refractivity contribution in [2.45, 2.75) is 34.6 Å². The number of hydrogen-bond donors (Lipinski definition) is 0. The van der Waals surface area contributed by atoms with Crippen LogP contribution in [0.3, 0.4) is 0 Å². The Hall–Kier alpha value is -2.23. The van der Waals surface area contributed by atoms with Gasteiger partial charge in [0.15, 0.2) is 11.6 Å². The Kier molecular flexibility index (Phi) is 3.34. The Labute approximate surface area is 117 Å². The number of fused-ring (bicyclic) bond motifs is 1. The zero-order valence-corrected chi connectivity index (χ0v) is 12.2. The van der Waals surface area contributed by atoms with Crippen LogP contribution in [0.4, 0.5) is 0 Å². The molecule has 2 rings (SSSR count). The molecule has 0 saturated carbocycles. The average molecular weight is 272 g/mol. The predicted octanol–water partition coefficient (Wildman–Crippen LogP) is 2.86. The first-order valence-corrected chi connectivity index (χ1v) is 6.33. The highest BCUT2D eigenvalue weighted by Crippen LogP contribution is 2.38. The molecule has 4 heteroatoms. The van der Waals surface area contributed by atoms with Crippen molar-refractivity contribution in [3.63, 3.8) is 0 Å². The van der Waals surface area contributed by atoms with Crippen molar-refractivity contribution in [1.82, 2.24) is 0 Å². The van der Waals surface area contributed by atoms with Gasteiger partial charge >= 0.3 is 0 Å². The molecule has 1 aliphatic carbocycles. The smallest absolute Gasteiger partial charge is 0.298 e. The zero-order valence-electron chi connectivity index (χ0n) is 12.2. The van der Waals surface area contributed by atoms with E-state index in [1.165, 1.54) is 0 Å². The van der Waals surface area contributed by atoms with Gasteiger partial charge in [-0.25, -0.2) is 0 Å². The van der Waals surface area contributed by atoms with Crippen molar-refractivity contribution >= 4 is 18.0 Å². The first kappa shape index (κ1) is 14.2. The summed E-state index contributed by atoms with van der Waals surface area (Å²) in [7, 11) is 0. The van der Waals surface area contributed by atoms with Gasteiger partial charge in [-0.15, -0.1) is 0 Å². The molecule has 104 valence electrons. The Bertz CT molecular complexity index is 693. The fraction of sp³-hybridized carbons (Fsp3) is 0.312. The van der Waals surface area contributed by atoms with Crippen LogP contribution in [0.15, 0.2) is 11.1 Å². The second-order valence-corrected chi connectivity index (χ2v) is 5.08. The van der Waals surface area contributed by atoms with E-state index >= 15 is 0 Å². The molecule has 0 amide bonds. The minimum absolute atomic E-state index is 0.126. The number of hydrogen-bond acceptors (Lipinski definition) is 4. The van der Waals surface area contributed by atoms with Gasteiger partial charge in [0, 0.05) is 27.8 Å². The van der Waals surface area contributed by atoms with Crippen molar-refractivity contribution in [2.75, 3.05) is 0 Å². The van der Waals surface area contributed by atoms with E-state index in [0.717, 1.165) is 0 Å². The number of ketones is 2. The maximum Gasteiger partial charge on any atom is 0.298 e. The summed E-state index contributed by atoms with van der Waals surface area (Å²) in [5.41, 5.74) is 3.67. The molecule has 0 spiro atoms. The molecule has 0 heterocycles. The Morgan fingerprint density at radius 1 is 0.750 bits per heavy atom. The van der Waals surface area contributed by atoms with Gasteiger partial charge in [0.2, 0.25) is 0 Å². The van der Waals surface area contributed by atoms with E-state index in [1.807, 2.05) is 0 Å². The lowest BCUT2D eigenvalue weighted by Crippen LogP contribution is -2.23. The lowest BCUT2D eigenvalue weighted by atomic mass is 9.79. The lowest BCUT2D eigenvalue weighted by Gasteiger charge is -2.23. The minimum atomic E-state index is -0.173. The molecule has 0 radical (unpaired) electrons. The molecule has 1 aromatic rings. The van der Waals surface area contributed by atoms with E-state index in [0.29, 0.717) is 51.2 Å². The average Bonchev–Trinajstić information content (AvgIpc) is 2.42. The van der Waals surface area contributed by atoms with E-state index < -0.39 is 0 Å². The summed E-state index contributed by atoms with van der Waals surface area (Å²) < 4.78 is 5.00. The number of rotatable bonds is 2. The summed E-state index contributed by atoms with van der Waals surface area (Å²) in [5.74, 6) is 0.0663. The summed E-state index contributed by atoms with van der Waals surface area (Å²) in [4.78, 5) is 35.5. The Morgan fingerprint density at radius 3 is 1.65 bits per heavy atom. The van der Waals surface area contributed by atoms with Crippen LogP contribution in [0.1, 0.15) is 51.3 Å². The van der Waals surface area contributed by atoms with Crippen LogP contribution < -0.4 is 4.74 Å². The summed E-state index contributed by atoms with van der Waals surface area (Å²) in [6, 6.07) is 0. The highest BCUT2D eigenvalue weighted by atomic mass is 16.5. The van der Waals surface area contributed by atoms with Gasteiger partial charge in [-0.2, -0.15) is 0 Å². The van der Waals surface area contributed by atoms with Gasteiger partial charge in [-0.1, -0.05) is 0 Å². The minimum Gasteiger partial charge on any atom is -0.428 e.